The molecule has 1 atom stereocenters. The first-order valence-corrected chi connectivity index (χ1v) is 10.2. The number of carbonyl (C=O) groups excluding carboxylic acids is 2. The maximum atomic E-state index is 13.0. The topological polar surface area (TPSA) is 74.1 Å². The Bertz CT molecular complexity index is 1060. The molecule has 2 aliphatic rings. The summed E-state index contributed by atoms with van der Waals surface area (Å²) in [7, 11) is 0. The smallest absolute Gasteiger partial charge is 0.312 e. The summed E-state index contributed by atoms with van der Waals surface area (Å²) in [5.74, 6) is -0.397. The van der Waals surface area contributed by atoms with Crippen molar-refractivity contribution in [1.82, 2.24) is 4.90 Å². The molecule has 2 heterocycles. The van der Waals surface area contributed by atoms with Gasteiger partial charge in [0.05, 0.1) is 29.5 Å². The SMILES string of the molecule is O=C1N=C(CN(Cc2cccs2)C(=O)Nc2ccccc2Cl)N=C2C=CC=CC12. The molecule has 0 bridgehead atoms. The van der Waals surface area contributed by atoms with Crippen LogP contribution < -0.4 is 5.32 Å². The van der Waals surface area contributed by atoms with E-state index >= 15 is 0 Å². The first kappa shape index (κ1) is 19.3. The Morgan fingerprint density at radius 2 is 2.00 bits per heavy atom. The fourth-order valence-electron chi connectivity index (χ4n) is 3.01. The van der Waals surface area contributed by atoms with E-state index < -0.39 is 5.92 Å². The molecule has 0 saturated carbocycles. The number of hydrogen-bond acceptors (Lipinski definition) is 4. The van der Waals surface area contributed by atoms with Gasteiger partial charge in [0.1, 0.15) is 5.92 Å². The number of urea groups is 1. The summed E-state index contributed by atoms with van der Waals surface area (Å²) in [6.45, 7) is 0.471. The zero-order valence-corrected chi connectivity index (χ0v) is 16.9. The van der Waals surface area contributed by atoms with Crippen LogP contribution in [0.15, 0.2) is 76.1 Å². The number of fused-ring (bicyclic) bond motifs is 1. The predicted octanol–water partition coefficient (Wildman–Crippen LogP) is 4.56. The number of amidine groups is 1. The molecule has 0 fully saturated rings. The summed E-state index contributed by atoms with van der Waals surface area (Å²) in [4.78, 5) is 36.5. The predicted molar refractivity (Wildman–Crippen MR) is 117 cm³/mol. The van der Waals surface area contributed by atoms with Crippen molar-refractivity contribution in [1.29, 1.82) is 0 Å². The molecule has 3 amide bonds. The van der Waals surface area contributed by atoms with Crippen LogP contribution in [-0.2, 0) is 11.3 Å². The van der Waals surface area contributed by atoms with E-state index in [0.717, 1.165) is 4.88 Å². The molecule has 1 aliphatic carbocycles. The molecule has 1 aromatic heterocycles. The molecule has 6 nitrogen and oxygen atoms in total. The van der Waals surface area contributed by atoms with E-state index in [0.29, 0.717) is 28.8 Å². The number of benzene rings is 1. The Morgan fingerprint density at radius 1 is 1.14 bits per heavy atom. The number of aliphatic imine (C=N–C) groups is 2. The van der Waals surface area contributed by atoms with Gasteiger partial charge in [-0.2, -0.15) is 4.99 Å². The largest absolute Gasteiger partial charge is 0.322 e. The van der Waals surface area contributed by atoms with Gasteiger partial charge in [0, 0.05) is 4.88 Å². The highest BCUT2D eigenvalue weighted by Gasteiger charge is 2.28. The highest BCUT2D eigenvalue weighted by molar-refractivity contribution is 7.09. The van der Waals surface area contributed by atoms with Crippen molar-refractivity contribution in [3.63, 3.8) is 0 Å². The van der Waals surface area contributed by atoms with Crippen LogP contribution in [0.5, 0.6) is 0 Å². The van der Waals surface area contributed by atoms with E-state index in [4.69, 9.17) is 11.6 Å². The second kappa shape index (κ2) is 8.55. The van der Waals surface area contributed by atoms with Gasteiger partial charge in [-0.3, -0.25) is 4.79 Å². The van der Waals surface area contributed by atoms with E-state index in [1.807, 2.05) is 29.7 Å². The van der Waals surface area contributed by atoms with Gasteiger partial charge in [0.15, 0.2) is 5.84 Å². The monoisotopic (exact) mass is 424 g/mol. The minimum absolute atomic E-state index is 0.105. The Kier molecular flexibility index (Phi) is 5.69. The van der Waals surface area contributed by atoms with Crippen LogP contribution in [0, 0.1) is 5.92 Å². The number of thiophene rings is 1. The summed E-state index contributed by atoms with van der Waals surface area (Å²) in [6.07, 6.45) is 7.21. The first-order valence-electron chi connectivity index (χ1n) is 8.98. The fraction of sp³-hybridized carbons (Fsp3) is 0.143. The zero-order valence-electron chi connectivity index (χ0n) is 15.3. The number of amides is 3. The quantitative estimate of drug-likeness (QED) is 0.764. The molecule has 0 saturated heterocycles. The number of para-hydroxylation sites is 1. The maximum Gasteiger partial charge on any atom is 0.322 e. The molecule has 29 heavy (non-hydrogen) atoms. The Hall–Kier alpha value is -3.03. The normalized spacial score (nSPS) is 17.4. The van der Waals surface area contributed by atoms with Gasteiger partial charge < -0.3 is 10.2 Å². The van der Waals surface area contributed by atoms with Gasteiger partial charge in [-0.1, -0.05) is 48.0 Å². The van der Waals surface area contributed by atoms with Crippen LogP contribution in [0.4, 0.5) is 10.5 Å². The second-order valence-corrected chi connectivity index (χ2v) is 7.91. The van der Waals surface area contributed by atoms with Crippen LogP contribution in [0.1, 0.15) is 4.88 Å². The van der Waals surface area contributed by atoms with Crippen molar-refractivity contribution in [3.05, 3.63) is 76.0 Å². The van der Waals surface area contributed by atoms with E-state index in [9.17, 15) is 9.59 Å². The Balaban J connectivity index is 1.56. The van der Waals surface area contributed by atoms with Gasteiger partial charge in [0.25, 0.3) is 5.91 Å². The fourth-order valence-corrected chi connectivity index (χ4v) is 3.91. The molecule has 0 spiro atoms. The number of rotatable bonds is 5. The molecule has 4 rings (SSSR count). The summed E-state index contributed by atoms with van der Waals surface area (Å²) in [5.41, 5.74) is 1.16. The van der Waals surface area contributed by atoms with E-state index in [1.165, 1.54) is 0 Å². The Labute approximate surface area is 176 Å². The first-order chi connectivity index (χ1) is 14.1. The van der Waals surface area contributed by atoms with Crippen molar-refractivity contribution in [2.24, 2.45) is 15.9 Å². The van der Waals surface area contributed by atoms with Crippen LogP contribution >= 0.6 is 22.9 Å². The molecule has 1 aliphatic heterocycles. The molecule has 1 aromatic carbocycles. The average molecular weight is 425 g/mol. The molecular weight excluding hydrogens is 408 g/mol. The lowest BCUT2D eigenvalue weighted by Crippen LogP contribution is -2.39. The average Bonchev–Trinajstić information content (AvgIpc) is 3.22. The minimum Gasteiger partial charge on any atom is -0.312 e. The standard InChI is InChI=1S/C21H17ClN4O2S/c22-16-8-2-4-10-18(16)24-21(28)26(12-14-6-5-11-29-14)13-19-23-17-9-3-1-7-15(17)20(27)25-19/h1-11,15H,12-13H2,(H,24,28). The molecule has 8 heteroatoms. The number of nitrogens with zero attached hydrogens (tertiary/aromatic N) is 3. The Morgan fingerprint density at radius 3 is 2.79 bits per heavy atom. The lowest BCUT2D eigenvalue weighted by atomic mass is 9.96. The summed E-state index contributed by atoms with van der Waals surface area (Å²) >= 11 is 7.72. The van der Waals surface area contributed by atoms with Crippen LogP contribution in [0.25, 0.3) is 0 Å². The highest BCUT2D eigenvalue weighted by atomic mass is 35.5. The van der Waals surface area contributed by atoms with Crippen LogP contribution in [0.3, 0.4) is 0 Å². The van der Waals surface area contributed by atoms with Crippen molar-refractivity contribution in [3.8, 4) is 0 Å². The molecule has 1 unspecified atom stereocenters. The highest BCUT2D eigenvalue weighted by Crippen LogP contribution is 2.22. The van der Waals surface area contributed by atoms with Crippen molar-refractivity contribution in [2.75, 3.05) is 11.9 Å². The number of nitrogens with one attached hydrogen (secondary N) is 1. The molecular formula is C21H17ClN4O2S. The number of carbonyl (C=O) groups is 2. The van der Waals surface area contributed by atoms with Crippen molar-refractivity contribution >= 4 is 52.1 Å². The van der Waals surface area contributed by atoms with Gasteiger partial charge in [-0.15, -0.1) is 11.3 Å². The second-order valence-electron chi connectivity index (χ2n) is 6.47. The van der Waals surface area contributed by atoms with Crippen molar-refractivity contribution in [2.45, 2.75) is 6.54 Å². The number of halogens is 1. The van der Waals surface area contributed by atoms with Gasteiger partial charge in [-0.05, 0) is 29.7 Å². The van der Waals surface area contributed by atoms with Crippen molar-refractivity contribution < 1.29 is 9.59 Å². The lowest BCUT2D eigenvalue weighted by Gasteiger charge is -2.24. The summed E-state index contributed by atoms with van der Waals surface area (Å²) in [6, 6.07) is 10.6. The number of hydrogen-bond donors (Lipinski definition) is 1. The minimum atomic E-state index is -0.438. The summed E-state index contributed by atoms with van der Waals surface area (Å²) < 4.78 is 0. The third-order valence-electron chi connectivity index (χ3n) is 4.43. The summed E-state index contributed by atoms with van der Waals surface area (Å²) in [5, 5.41) is 5.22. The number of allylic oxidation sites excluding steroid dienone is 3. The lowest BCUT2D eigenvalue weighted by molar-refractivity contribution is -0.118. The maximum absolute atomic E-state index is 13.0. The molecule has 2 aromatic rings. The van der Waals surface area contributed by atoms with Gasteiger partial charge in [-0.25, -0.2) is 9.79 Å². The van der Waals surface area contributed by atoms with Crippen LogP contribution in [-0.4, -0.2) is 34.9 Å². The molecule has 1 N–H and O–H groups in total. The third kappa shape index (κ3) is 4.52. The third-order valence-corrected chi connectivity index (χ3v) is 5.62. The number of anilines is 1. The molecule has 0 radical (unpaired) electrons. The van der Waals surface area contributed by atoms with Gasteiger partial charge in [0.2, 0.25) is 0 Å². The molecule has 146 valence electrons. The van der Waals surface area contributed by atoms with E-state index in [-0.39, 0.29) is 18.5 Å². The van der Waals surface area contributed by atoms with Gasteiger partial charge >= 0.3 is 6.03 Å². The van der Waals surface area contributed by atoms with E-state index in [1.54, 1.807) is 52.7 Å². The van der Waals surface area contributed by atoms with E-state index in [2.05, 4.69) is 15.3 Å². The zero-order chi connectivity index (χ0) is 20.2. The van der Waals surface area contributed by atoms with Crippen LogP contribution in [0.2, 0.25) is 5.02 Å².